The van der Waals surface area contributed by atoms with E-state index in [1.54, 1.807) is 14.1 Å². The predicted octanol–water partition coefficient (Wildman–Crippen LogP) is -0.950. The molecule has 0 spiro atoms. The molecule has 2 N–H and O–H groups in total. The van der Waals surface area contributed by atoms with Crippen molar-refractivity contribution in [1.29, 1.82) is 0 Å². The summed E-state index contributed by atoms with van der Waals surface area (Å²) in [5, 5.41) is 0. The first kappa shape index (κ1) is 9.39. The lowest BCUT2D eigenvalue weighted by Crippen LogP contribution is -2.27. The van der Waals surface area contributed by atoms with Gasteiger partial charge in [0.2, 0.25) is 5.91 Å². The molecular weight excluding hydrogens is 132 g/mol. The molecule has 1 amide bonds. The van der Waals surface area contributed by atoms with Gasteiger partial charge < -0.3 is 15.4 Å². The van der Waals surface area contributed by atoms with Crippen molar-refractivity contribution in [3.63, 3.8) is 0 Å². The number of carbonyl (C=O) groups is 1. The molecule has 4 nitrogen and oxygen atoms in total. The Bertz CT molecular complexity index is 104. The van der Waals surface area contributed by atoms with Crippen LogP contribution in [0.15, 0.2) is 0 Å². The van der Waals surface area contributed by atoms with E-state index in [1.807, 2.05) is 0 Å². The van der Waals surface area contributed by atoms with Crippen molar-refractivity contribution >= 4 is 5.91 Å². The largest absolute Gasteiger partial charge is 0.370 e. The minimum atomic E-state index is -0.0338. The second-order valence-electron chi connectivity index (χ2n) is 2.13. The molecule has 60 valence electrons. The van der Waals surface area contributed by atoms with E-state index in [4.69, 9.17) is 10.5 Å². The summed E-state index contributed by atoms with van der Waals surface area (Å²) >= 11 is 0. The van der Waals surface area contributed by atoms with Gasteiger partial charge in [0.25, 0.3) is 0 Å². The zero-order valence-corrected chi connectivity index (χ0v) is 6.46. The minimum absolute atomic E-state index is 0.0338. The van der Waals surface area contributed by atoms with Crippen LogP contribution in [0.5, 0.6) is 0 Å². The van der Waals surface area contributed by atoms with Gasteiger partial charge in [0.05, 0.1) is 6.61 Å². The summed E-state index contributed by atoms with van der Waals surface area (Å²) < 4.78 is 4.89. The molecule has 10 heavy (non-hydrogen) atoms. The molecule has 0 bridgehead atoms. The Labute approximate surface area is 60.9 Å². The Kier molecular flexibility index (Phi) is 4.88. The summed E-state index contributed by atoms with van der Waals surface area (Å²) in [7, 11) is 3.38. The van der Waals surface area contributed by atoms with Crippen LogP contribution < -0.4 is 5.73 Å². The molecule has 0 heterocycles. The SMILES string of the molecule is CN(C)C(=O)COCCN. The van der Waals surface area contributed by atoms with Crippen LogP contribution in [-0.2, 0) is 9.53 Å². The molecule has 0 unspecified atom stereocenters. The van der Waals surface area contributed by atoms with Crippen LogP contribution in [-0.4, -0.2) is 44.7 Å². The standard InChI is InChI=1S/C6H14N2O2/c1-8(2)6(9)5-10-4-3-7/h3-5,7H2,1-2H3. The quantitative estimate of drug-likeness (QED) is 0.520. The molecule has 0 fully saturated rings. The fraction of sp³-hybridized carbons (Fsp3) is 0.833. The first-order chi connectivity index (χ1) is 4.68. The van der Waals surface area contributed by atoms with Crippen molar-refractivity contribution in [2.45, 2.75) is 0 Å². The fourth-order valence-corrected chi connectivity index (χ4v) is 0.372. The zero-order valence-electron chi connectivity index (χ0n) is 6.46. The van der Waals surface area contributed by atoms with Crippen molar-refractivity contribution in [2.24, 2.45) is 5.73 Å². The third-order valence-corrected chi connectivity index (χ3v) is 0.987. The Morgan fingerprint density at radius 1 is 1.60 bits per heavy atom. The smallest absolute Gasteiger partial charge is 0.248 e. The van der Waals surface area contributed by atoms with Gasteiger partial charge in [-0.3, -0.25) is 4.79 Å². The van der Waals surface area contributed by atoms with E-state index in [0.29, 0.717) is 13.2 Å². The highest BCUT2D eigenvalue weighted by Crippen LogP contribution is 1.79. The zero-order chi connectivity index (χ0) is 7.98. The fourth-order valence-electron chi connectivity index (χ4n) is 0.372. The topological polar surface area (TPSA) is 55.6 Å². The van der Waals surface area contributed by atoms with Crippen molar-refractivity contribution in [3.8, 4) is 0 Å². The number of carbonyl (C=O) groups excluding carboxylic acids is 1. The summed E-state index contributed by atoms with van der Waals surface area (Å²) in [5.74, 6) is -0.0338. The lowest BCUT2D eigenvalue weighted by atomic mass is 10.6. The van der Waals surface area contributed by atoms with Crippen molar-refractivity contribution in [3.05, 3.63) is 0 Å². The lowest BCUT2D eigenvalue weighted by molar-refractivity contribution is -0.133. The number of hydrogen-bond acceptors (Lipinski definition) is 3. The van der Waals surface area contributed by atoms with Crippen LogP contribution in [0.25, 0.3) is 0 Å². The highest BCUT2D eigenvalue weighted by atomic mass is 16.5. The van der Waals surface area contributed by atoms with E-state index in [0.717, 1.165) is 0 Å². The van der Waals surface area contributed by atoms with Crippen LogP contribution in [0.1, 0.15) is 0 Å². The van der Waals surface area contributed by atoms with Crippen molar-refractivity contribution in [1.82, 2.24) is 4.90 Å². The maximum absolute atomic E-state index is 10.8. The maximum Gasteiger partial charge on any atom is 0.248 e. The van der Waals surface area contributed by atoms with Crippen molar-refractivity contribution in [2.75, 3.05) is 33.9 Å². The molecular formula is C6H14N2O2. The Balaban J connectivity index is 3.22. The van der Waals surface area contributed by atoms with Gasteiger partial charge in [0.15, 0.2) is 0 Å². The summed E-state index contributed by atoms with van der Waals surface area (Å²) in [6.45, 7) is 1.03. The lowest BCUT2D eigenvalue weighted by Gasteiger charge is -2.09. The summed E-state index contributed by atoms with van der Waals surface area (Å²) in [6.07, 6.45) is 0. The number of nitrogens with zero attached hydrogens (tertiary/aromatic N) is 1. The third-order valence-electron chi connectivity index (χ3n) is 0.987. The van der Waals surface area contributed by atoms with Crippen LogP contribution in [0.4, 0.5) is 0 Å². The monoisotopic (exact) mass is 146 g/mol. The molecule has 4 heteroatoms. The second kappa shape index (κ2) is 5.20. The first-order valence-electron chi connectivity index (χ1n) is 3.16. The third kappa shape index (κ3) is 4.29. The van der Waals surface area contributed by atoms with Gasteiger partial charge in [-0.2, -0.15) is 0 Å². The van der Waals surface area contributed by atoms with Gasteiger partial charge >= 0.3 is 0 Å². The van der Waals surface area contributed by atoms with Gasteiger partial charge in [-0.15, -0.1) is 0 Å². The molecule has 0 rings (SSSR count). The van der Waals surface area contributed by atoms with Crippen molar-refractivity contribution < 1.29 is 9.53 Å². The Hall–Kier alpha value is -0.610. The molecule has 0 saturated carbocycles. The normalized spacial score (nSPS) is 9.50. The van der Waals surface area contributed by atoms with Crippen LogP contribution in [0.3, 0.4) is 0 Å². The number of rotatable bonds is 4. The van der Waals surface area contributed by atoms with Gasteiger partial charge in [0.1, 0.15) is 6.61 Å². The highest BCUT2D eigenvalue weighted by Gasteiger charge is 2.01. The number of ether oxygens (including phenoxy) is 1. The average Bonchev–Trinajstić information content (AvgIpc) is 1.88. The van der Waals surface area contributed by atoms with Gasteiger partial charge in [-0.05, 0) is 0 Å². The average molecular weight is 146 g/mol. The molecule has 0 aromatic carbocycles. The Morgan fingerprint density at radius 3 is 2.60 bits per heavy atom. The molecule has 0 aliphatic carbocycles. The van der Waals surface area contributed by atoms with E-state index in [9.17, 15) is 4.79 Å². The van der Waals surface area contributed by atoms with E-state index in [1.165, 1.54) is 4.90 Å². The molecule has 0 aromatic rings. The summed E-state index contributed by atoms with van der Waals surface area (Å²) in [5.41, 5.74) is 5.14. The van der Waals surface area contributed by atoms with E-state index in [2.05, 4.69) is 0 Å². The summed E-state index contributed by atoms with van der Waals surface area (Å²) in [4.78, 5) is 12.3. The van der Waals surface area contributed by atoms with E-state index in [-0.39, 0.29) is 12.5 Å². The number of likely N-dealkylation sites (N-methyl/N-ethyl adjacent to an activating group) is 1. The summed E-state index contributed by atoms with van der Waals surface area (Å²) in [6, 6.07) is 0. The Morgan fingerprint density at radius 2 is 2.20 bits per heavy atom. The van der Waals surface area contributed by atoms with Crippen LogP contribution in [0.2, 0.25) is 0 Å². The number of nitrogens with two attached hydrogens (primary N) is 1. The minimum Gasteiger partial charge on any atom is -0.370 e. The van der Waals surface area contributed by atoms with E-state index < -0.39 is 0 Å². The molecule has 0 aromatic heterocycles. The van der Waals surface area contributed by atoms with Gasteiger partial charge in [-0.25, -0.2) is 0 Å². The molecule has 0 atom stereocenters. The van der Waals surface area contributed by atoms with Crippen LogP contribution in [0, 0.1) is 0 Å². The van der Waals surface area contributed by atoms with Gasteiger partial charge in [0, 0.05) is 20.6 Å². The molecule has 0 saturated heterocycles. The molecule has 0 aliphatic heterocycles. The van der Waals surface area contributed by atoms with Crippen LogP contribution >= 0.6 is 0 Å². The second-order valence-corrected chi connectivity index (χ2v) is 2.13. The predicted molar refractivity (Wildman–Crippen MR) is 38.6 cm³/mol. The first-order valence-corrected chi connectivity index (χ1v) is 3.16. The number of hydrogen-bond donors (Lipinski definition) is 1. The molecule has 0 radical (unpaired) electrons. The number of amides is 1. The highest BCUT2D eigenvalue weighted by molar-refractivity contribution is 5.76. The van der Waals surface area contributed by atoms with E-state index >= 15 is 0 Å². The maximum atomic E-state index is 10.8. The van der Waals surface area contributed by atoms with Gasteiger partial charge in [-0.1, -0.05) is 0 Å². The molecule has 0 aliphatic rings.